The minimum absolute atomic E-state index is 0.216. The molecule has 4 nitrogen and oxygen atoms in total. The van der Waals surface area contributed by atoms with Gasteiger partial charge in [0.1, 0.15) is 29.0 Å². The quantitative estimate of drug-likeness (QED) is 0.757. The van der Waals surface area contributed by atoms with Gasteiger partial charge < -0.3 is 5.73 Å². The van der Waals surface area contributed by atoms with Crippen LogP contribution >= 0.6 is 15.9 Å². The second-order valence-electron chi connectivity index (χ2n) is 4.59. The molecule has 0 unspecified atom stereocenters. The van der Waals surface area contributed by atoms with E-state index in [0.717, 1.165) is 4.47 Å². The summed E-state index contributed by atoms with van der Waals surface area (Å²) in [7, 11) is 0. The Bertz CT molecular complexity index is 895. The maximum absolute atomic E-state index is 13.4. The molecular weight excluding hydrogens is 347 g/mol. The molecule has 0 aliphatic carbocycles. The molecule has 2 aromatic carbocycles. The maximum Gasteiger partial charge on any atom is 0.145 e. The first-order chi connectivity index (χ1) is 10.6. The molecule has 0 amide bonds. The fraction of sp³-hybridized carbons (Fsp3) is 0. The fourth-order valence-corrected chi connectivity index (χ4v) is 2.64. The Balaban J connectivity index is 2.25. The monoisotopic (exact) mass is 356 g/mol. The third-order valence-corrected chi connectivity index (χ3v) is 3.88. The first-order valence-electron chi connectivity index (χ1n) is 6.41. The van der Waals surface area contributed by atoms with Crippen LogP contribution in [0.1, 0.15) is 5.56 Å². The van der Waals surface area contributed by atoms with Crippen molar-refractivity contribution in [1.29, 1.82) is 5.26 Å². The van der Waals surface area contributed by atoms with Crippen molar-refractivity contribution >= 4 is 21.7 Å². The minimum Gasteiger partial charge on any atom is -0.382 e. The minimum atomic E-state index is -0.393. The van der Waals surface area contributed by atoms with Crippen LogP contribution in [0.4, 0.5) is 10.2 Å². The lowest BCUT2D eigenvalue weighted by Crippen LogP contribution is -2.03. The summed E-state index contributed by atoms with van der Waals surface area (Å²) in [5, 5.41) is 13.8. The van der Waals surface area contributed by atoms with Gasteiger partial charge in [0.05, 0.1) is 5.69 Å². The zero-order chi connectivity index (χ0) is 15.7. The summed E-state index contributed by atoms with van der Waals surface area (Å²) >= 11 is 3.43. The van der Waals surface area contributed by atoms with Crippen molar-refractivity contribution in [3.05, 3.63) is 64.4 Å². The summed E-state index contributed by atoms with van der Waals surface area (Å²) in [5.74, 6) is -0.177. The summed E-state index contributed by atoms with van der Waals surface area (Å²) in [5.41, 5.74) is 7.85. The molecule has 0 saturated heterocycles. The number of halogens is 2. The van der Waals surface area contributed by atoms with Crippen molar-refractivity contribution in [2.75, 3.05) is 5.73 Å². The predicted molar refractivity (Wildman–Crippen MR) is 85.8 cm³/mol. The number of anilines is 1. The van der Waals surface area contributed by atoms with Gasteiger partial charge in [0.25, 0.3) is 0 Å². The molecule has 0 bridgehead atoms. The lowest BCUT2D eigenvalue weighted by Gasteiger charge is -2.05. The van der Waals surface area contributed by atoms with Gasteiger partial charge in [0, 0.05) is 10.0 Å². The highest BCUT2D eigenvalue weighted by molar-refractivity contribution is 9.10. The molecule has 0 radical (unpaired) electrons. The number of para-hydroxylation sites is 1. The van der Waals surface area contributed by atoms with Crippen molar-refractivity contribution in [3.8, 4) is 23.0 Å². The molecule has 0 fully saturated rings. The summed E-state index contributed by atoms with van der Waals surface area (Å²) in [6.07, 6.45) is 0. The van der Waals surface area contributed by atoms with Gasteiger partial charge in [-0.25, -0.2) is 9.07 Å². The van der Waals surface area contributed by atoms with Crippen molar-refractivity contribution in [3.63, 3.8) is 0 Å². The first-order valence-corrected chi connectivity index (χ1v) is 7.20. The van der Waals surface area contributed by atoms with Crippen LogP contribution in [-0.2, 0) is 0 Å². The smallest absolute Gasteiger partial charge is 0.145 e. The van der Waals surface area contributed by atoms with Crippen LogP contribution in [0, 0.1) is 17.1 Å². The van der Waals surface area contributed by atoms with Crippen molar-refractivity contribution < 1.29 is 4.39 Å². The third-order valence-electron chi connectivity index (χ3n) is 3.21. The number of nitrogens with zero attached hydrogens (tertiary/aromatic N) is 3. The highest BCUT2D eigenvalue weighted by Gasteiger charge is 2.19. The molecule has 3 aromatic rings. The van der Waals surface area contributed by atoms with E-state index >= 15 is 0 Å². The normalized spacial score (nSPS) is 10.4. The molecule has 0 atom stereocenters. The van der Waals surface area contributed by atoms with Gasteiger partial charge >= 0.3 is 0 Å². The number of aromatic nitrogens is 2. The van der Waals surface area contributed by atoms with E-state index in [4.69, 9.17) is 5.73 Å². The number of nitrogens with two attached hydrogens (primary N) is 1. The van der Waals surface area contributed by atoms with Gasteiger partial charge in [-0.1, -0.05) is 24.3 Å². The number of nitrogen functional groups attached to an aromatic ring is 1. The van der Waals surface area contributed by atoms with E-state index in [1.54, 1.807) is 12.1 Å². The van der Waals surface area contributed by atoms with E-state index in [9.17, 15) is 9.65 Å². The third kappa shape index (κ3) is 2.36. The molecule has 3 rings (SSSR count). The lowest BCUT2D eigenvalue weighted by atomic mass is 10.1. The van der Waals surface area contributed by atoms with Crippen LogP contribution in [0.15, 0.2) is 53.0 Å². The van der Waals surface area contributed by atoms with Crippen LogP contribution in [0.5, 0.6) is 0 Å². The average molecular weight is 357 g/mol. The Kier molecular flexibility index (Phi) is 3.65. The SMILES string of the molecule is N#Cc1c(-c2cccc(F)c2)nn(-c2ccccc2Br)c1N. The van der Waals surface area contributed by atoms with E-state index in [1.165, 1.54) is 16.8 Å². The van der Waals surface area contributed by atoms with Crippen molar-refractivity contribution in [2.24, 2.45) is 0 Å². The fourth-order valence-electron chi connectivity index (χ4n) is 2.19. The molecule has 6 heteroatoms. The summed E-state index contributed by atoms with van der Waals surface area (Å²) in [6, 6.07) is 15.4. The Morgan fingerprint density at radius 1 is 1.18 bits per heavy atom. The number of rotatable bonds is 2. The van der Waals surface area contributed by atoms with Crippen LogP contribution in [0.25, 0.3) is 16.9 Å². The summed E-state index contributed by atoms with van der Waals surface area (Å²) in [4.78, 5) is 0. The predicted octanol–water partition coefficient (Wildman–Crippen LogP) is 3.89. The second kappa shape index (κ2) is 5.62. The van der Waals surface area contributed by atoms with E-state index < -0.39 is 5.82 Å². The Morgan fingerprint density at radius 3 is 2.64 bits per heavy atom. The molecule has 1 heterocycles. The molecule has 0 saturated carbocycles. The summed E-state index contributed by atoms with van der Waals surface area (Å²) < 4.78 is 15.7. The number of hydrogen-bond donors (Lipinski definition) is 1. The van der Waals surface area contributed by atoms with Crippen LogP contribution < -0.4 is 5.73 Å². The van der Waals surface area contributed by atoms with Crippen LogP contribution in [0.2, 0.25) is 0 Å². The molecule has 1 aromatic heterocycles. The highest BCUT2D eigenvalue weighted by atomic mass is 79.9. The number of hydrogen-bond acceptors (Lipinski definition) is 3. The second-order valence-corrected chi connectivity index (χ2v) is 5.45. The Labute approximate surface area is 134 Å². The van der Waals surface area contributed by atoms with Gasteiger partial charge in [-0.2, -0.15) is 10.4 Å². The Hall–Kier alpha value is -2.65. The molecule has 2 N–H and O–H groups in total. The van der Waals surface area contributed by atoms with Crippen LogP contribution in [0.3, 0.4) is 0 Å². The van der Waals surface area contributed by atoms with E-state index in [-0.39, 0.29) is 11.4 Å². The lowest BCUT2D eigenvalue weighted by molar-refractivity contribution is 0.628. The molecule has 0 aliphatic rings. The molecule has 22 heavy (non-hydrogen) atoms. The van der Waals surface area contributed by atoms with Gasteiger partial charge in [-0.05, 0) is 40.2 Å². The number of nitriles is 1. The first kappa shape index (κ1) is 14.3. The highest BCUT2D eigenvalue weighted by Crippen LogP contribution is 2.31. The van der Waals surface area contributed by atoms with Crippen molar-refractivity contribution in [1.82, 2.24) is 9.78 Å². The van der Waals surface area contributed by atoms with Gasteiger partial charge in [0.15, 0.2) is 0 Å². The van der Waals surface area contributed by atoms with E-state index in [0.29, 0.717) is 16.9 Å². The van der Waals surface area contributed by atoms with E-state index in [1.807, 2.05) is 30.3 Å². The van der Waals surface area contributed by atoms with E-state index in [2.05, 4.69) is 21.0 Å². The van der Waals surface area contributed by atoms with Crippen molar-refractivity contribution in [2.45, 2.75) is 0 Å². The standard InChI is InChI=1S/C16H10BrFN4/c17-13-6-1-2-7-14(13)22-16(20)12(9-19)15(21-22)10-4-3-5-11(18)8-10/h1-8H,20H2. The summed E-state index contributed by atoms with van der Waals surface area (Å²) in [6.45, 7) is 0. The van der Waals surface area contributed by atoms with Gasteiger partial charge in [-0.3, -0.25) is 0 Å². The molecule has 0 aliphatic heterocycles. The molecule has 108 valence electrons. The van der Waals surface area contributed by atoms with Gasteiger partial charge in [-0.15, -0.1) is 0 Å². The topological polar surface area (TPSA) is 67.6 Å². The average Bonchev–Trinajstić information content (AvgIpc) is 2.84. The number of benzene rings is 2. The maximum atomic E-state index is 13.4. The molecule has 0 spiro atoms. The Morgan fingerprint density at radius 2 is 1.95 bits per heavy atom. The van der Waals surface area contributed by atoms with Gasteiger partial charge in [0.2, 0.25) is 0 Å². The van der Waals surface area contributed by atoms with Crippen LogP contribution in [-0.4, -0.2) is 9.78 Å². The zero-order valence-electron chi connectivity index (χ0n) is 11.3. The largest absolute Gasteiger partial charge is 0.382 e. The zero-order valence-corrected chi connectivity index (χ0v) is 12.9. The molecular formula is C16H10BrFN4.